The standard InChI is InChI=1S/C20H24O11/c1-10(21)26-9-16-17(27-11(2)22)18(28-12(3)23)19(29-13(4)24)20(31-16)30-15-7-5-14(25)6-8-15/h5-8,16-20,25H,9H2,1-4H3/t16-,17+,18+,19-,20-/m1/s1. The largest absolute Gasteiger partial charge is 0.508 e. The molecule has 0 amide bonds. The van der Waals surface area contributed by atoms with E-state index in [1.54, 1.807) is 0 Å². The van der Waals surface area contributed by atoms with Crippen LogP contribution in [0.4, 0.5) is 0 Å². The number of aromatic hydroxyl groups is 1. The van der Waals surface area contributed by atoms with Crippen LogP contribution in [0.3, 0.4) is 0 Å². The molecular weight excluding hydrogens is 416 g/mol. The summed E-state index contributed by atoms with van der Waals surface area (Å²) in [6, 6.07) is 5.59. The Bertz CT molecular complexity index is 804. The molecular formula is C20H24O11. The van der Waals surface area contributed by atoms with Gasteiger partial charge in [-0.05, 0) is 24.3 Å². The third-order valence-electron chi connectivity index (χ3n) is 4.04. The summed E-state index contributed by atoms with van der Waals surface area (Å²) in [4.78, 5) is 46.4. The first-order valence-electron chi connectivity index (χ1n) is 9.33. The fourth-order valence-corrected chi connectivity index (χ4v) is 2.94. The SMILES string of the molecule is CC(=O)OC[C@H]1O[C@@H](Oc2ccc(O)cc2)[C@H](OC(C)=O)[C@@H](OC(C)=O)[C@H]1OC(C)=O. The third-order valence-corrected chi connectivity index (χ3v) is 4.04. The molecule has 1 aromatic carbocycles. The van der Waals surface area contributed by atoms with Crippen molar-refractivity contribution < 1.29 is 52.7 Å². The second-order valence-electron chi connectivity index (χ2n) is 6.68. The highest BCUT2D eigenvalue weighted by molar-refractivity contribution is 5.68. The number of phenols is 1. The van der Waals surface area contributed by atoms with Gasteiger partial charge in [-0.25, -0.2) is 0 Å². The van der Waals surface area contributed by atoms with Crippen LogP contribution >= 0.6 is 0 Å². The Labute approximate surface area is 178 Å². The third kappa shape index (κ3) is 7.14. The minimum absolute atomic E-state index is 0.00565. The normalized spacial score (nSPS) is 25.1. The molecule has 0 saturated carbocycles. The molecule has 11 heteroatoms. The summed E-state index contributed by atoms with van der Waals surface area (Å²) >= 11 is 0. The highest BCUT2D eigenvalue weighted by atomic mass is 16.7. The molecule has 1 N–H and O–H groups in total. The van der Waals surface area contributed by atoms with E-state index < -0.39 is 54.6 Å². The van der Waals surface area contributed by atoms with Crippen molar-refractivity contribution in [1.82, 2.24) is 0 Å². The minimum atomic E-state index is -1.33. The molecule has 0 aliphatic carbocycles. The van der Waals surface area contributed by atoms with Crippen LogP contribution in [0.15, 0.2) is 24.3 Å². The number of esters is 4. The molecule has 2 rings (SSSR count). The lowest BCUT2D eigenvalue weighted by Gasteiger charge is -2.43. The number of benzene rings is 1. The van der Waals surface area contributed by atoms with Crippen LogP contribution in [0.2, 0.25) is 0 Å². The molecule has 0 bridgehead atoms. The number of rotatable bonds is 7. The maximum absolute atomic E-state index is 11.8. The van der Waals surface area contributed by atoms with Crippen LogP contribution < -0.4 is 4.74 Å². The highest BCUT2D eigenvalue weighted by Gasteiger charge is 2.53. The second-order valence-corrected chi connectivity index (χ2v) is 6.68. The van der Waals surface area contributed by atoms with Gasteiger partial charge in [0.25, 0.3) is 0 Å². The second kappa shape index (κ2) is 10.6. The van der Waals surface area contributed by atoms with Gasteiger partial charge >= 0.3 is 23.9 Å². The average molecular weight is 440 g/mol. The zero-order chi connectivity index (χ0) is 23.1. The monoisotopic (exact) mass is 440 g/mol. The molecule has 170 valence electrons. The fourth-order valence-electron chi connectivity index (χ4n) is 2.94. The van der Waals surface area contributed by atoms with Crippen molar-refractivity contribution in [2.24, 2.45) is 0 Å². The predicted molar refractivity (Wildman–Crippen MR) is 101 cm³/mol. The molecule has 0 unspecified atom stereocenters. The summed E-state index contributed by atoms with van der Waals surface area (Å²) in [5.41, 5.74) is 0. The van der Waals surface area contributed by atoms with Crippen LogP contribution in [0.25, 0.3) is 0 Å². The van der Waals surface area contributed by atoms with E-state index in [2.05, 4.69) is 0 Å². The average Bonchev–Trinajstić information content (AvgIpc) is 2.65. The first-order valence-corrected chi connectivity index (χ1v) is 9.33. The molecule has 31 heavy (non-hydrogen) atoms. The topological polar surface area (TPSA) is 144 Å². The molecule has 11 nitrogen and oxygen atoms in total. The first kappa shape index (κ1) is 23.9. The van der Waals surface area contributed by atoms with Crippen molar-refractivity contribution in [3.63, 3.8) is 0 Å². The lowest BCUT2D eigenvalue weighted by atomic mass is 9.98. The van der Waals surface area contributed by atoms with Crippen molar-refractivity contribution in [1.29, 1.82) is 0 Å². The molecule has 1 aromatic rings. The van der Waals surface area contributed by atoms with Gasteiger partial charge in [-0.2, -0.15) is 0 Å². The van der Waals surface area contributed by atoms with Crippen molar-refractivity contribution >= 4 is 23.9 Å². The molecule has 1 heterocycles. The first-order chi connectivity index (χ1) is 14.6. The lowest BCUT2D eigenvalue weighted by molar-refractivity contribution is -0.288. The van der Waals surface area contributed by atoms with Gasteiger partial charge in [0.05, 0.1) is 0 Å². The Hall–Kier alpha value is -3.34. The molecule has 0 spiro atoms. The van der Waals surface area contributed by atoms with E-state index in [4.69, 9.17) is 28.4 Å². The quantitative estimate of drug-likeness (QED) is 0.476. The Morgan fingerprint density at radius 3 is 1.84 bits per heavy atom. The number of hydrogen-bond donors (Lipinski definition) is 1. The minimum Gasteiger partial charge on any atom is -0.508 e. The Balaban J connectivity index is 2.43. The Morgan fingerprint density at radius 1 is 0.806 bits per heavy atom. The number of phenolic OH excluding ortho intramolecular Hbond substituents is 1. The summed E-state index contributed by atoms with van der Waals surface area (Å²) in [5.74, 6) is -2.58. The van der Waals surface area contributed by atoms with Gasteiger partial charge in [0.1, 0.15) is 24.2 Å². The zero-order valence-corrected chi connectivity index (χ0v) is 17.4. The number of hydrogen-bond acceptors (Lipinski definition) is 11. The fraction of sp³-hybridized carbons (Fsp3) is 0.500. The summed E-state index contributed by atoms with van der Waals surface area (Å²) in [7, 11) is 0. The molecule has 1 fully saturated rings. The van der Waals surface area contributed by atoms with Gasteiger partial charge in [0.15, 0.2) is 12.2 Å². The predicted octanol–water partition coefficient (Wildman–Crippen LogP) is 0.854. The van der Waals surface area contributed by atoms with Crippen molar-refractivity contribution in [3.8, 4) is 11.5 Å². The molecule has 1 saturated heterocycles. The van der Waals surface area contributed by atoms with E-state index in [1.165, 1.54) is 31.2 Å². The molecule has 5 atom stereocenters. The van der Waals surface area contributed by atoms with Gasteiger partial charge in [-0.1, -0.05) is 0 Å². The Kier molecular flexibility index (Phi) is 8.20. The molecule has 1 aliphatic rings. The van der Waals surface area contributed by atoms with Gasteiger partial charge in [-0.15, -0.1) is 0 Å². The maximum atomic E-state index is 11.8. The van der Waals surface area contributed by atoms with Gasteiger partial charge < -0.3 is 33.5 Å². The number of carbonyl (C=O) groups excluding carboxylic acids is 4. The summed E-state index contributed by atoms with van der Waals surface area (Å²) in [6.45, 7) is 4.22. The maximum Gasteiger partial charge on any atom is 0.303 e. The summed E-state index contributed by atoms with van der Waals surface area (Å²) in [6.07, 6.45) is -6.34. The Morgan fingerprint density at radius 2 is 1.32 bits per heavy atom. The summed E-state index contributed by atoms with van der Waals surface area (Å²) in [5, 5.41) is 9.45. The molecule has 1 aliphatic heterocycles. The number of ether oxygens (including phenoxy) is 6. The van der Waals surface area contributed by atoms with Gasteiger partial charge in [0, 0.05) is 27.7 Å². The van der Waals surface area contributed by atoms with Crippen LogP contribution in [0.1, 0.15) is 27.7 Å². The van der Waals surface area contributed by atoms with E-state index >= 15 is 0 Å². The zero-order valence-electron chi connectivity index (χ0n) is 17.4. The van der Waals surface area contributed by atoms with Crippen molar-refractivity contribution in [2.45, 2.75) is 58.4 Å². The van der Waals surface area contributed by atoms with E-state index in [1.807, 2.05) is 0 Å². The number of carbonyl (C=O) groups is 4. The molecule has 0 aromatic heterocycles. The molecule has 0 radical (unpaired) electrons. The highest BCUT2D eigenvalue weighted by Crippen LogP contribution is 2.31. The van der Waals surface area contributed by atoms with Gasteiger partial charge in [-0.3, -0.25) is 19.2 Å². The van der Waals surface area contributed by atoms with E-state index in [0.717, 1.165) is 20.8 Å². The van der Waals surface area contributed by atoms with Crippen LogP contribution in [0.5, 0.6) is 11.5 Å². The van der Waals surface area contributed by atoms with Crippen molar-refractivity contribution in [2.75, 3.05) is 6.61 Å². The smallest absolute Gasteiger partial charge is 0.303 e. The van der Waals surface area contributed by atoms with Crippen molar-refractivity contribution in [3.05, 3.63) is 24.3 Å². The van der Waals surface area contributed by atoms with E-state index in [9.17, 15) is 24.3 Å². The van der Waals surface area contributed by atoms with Crippen LogP contribution in [0, 0.1) is 0 Å². The van der Waals surface area contributed by atoms with E-state index in [0.29, 0.717) is 0 Å². The van der Waals surface area contributed by atoms with Gasteiger partial charge in [0.2, 0.25) is 12.4 Å². The lowest BCUT2D eigenvalue weighted by Crippen LogP contribution is -2.63. The van der Waals surface area contributed by atoms with E-state index in [-0.39, 0.29) is 18.1 Å². The van der Waals surface area contributed by atoms with Crippen LogP contribution in [-0.2, 0) is 42.9 Å². The van der Waals surface area contributed by atoms with Crippen LogP contribution in [-0.4, -0.2) is 66.3 Å². The summed E-state index contributed by atoms with van der Waals surface area (Å²) < 4.78 is 32.4.